The van der Waals surface area contributed by atoms with Gasteiger partial charge in [0.1, 0.15) is 0 Å². The predicted octanol–water partition coefficient (Wildman–Crippen LogP) is -1.33. The molecule has 0 radical (unpaired) electrons. The number of likely N-dealkylation sites (N-methyl/N-ethyl adjacent to an activating group) is 1. The molecule has 2 atom stereocenters. The average molecular weight is 226 g/mol. The minimum absolute atomic E-state index is 0.391. The minimum atomic E-state index is -0.722. The van der Waals surface area contributed by atoms with Crippen LogP contribution in [-0.2, 0) is 9.59 Å². The third-order valence-electron chi connectivity index (χ3n) is 3.76. The van der Waals surface area contributed by atoms with E-state index >= 15 is 0 Å². The first-order valence-corrected chi connectivity index (χ1v) is 5.65. The van der Waals surface area contributed by atoms with Gasteiger partial charge < -0.3 is 4.90 Å². The smallest absolute Gasteiger partial charge is 0.323 e. The lowest BCUT2D eigenvalue weighted by Gasteiger charge is -2.24. The van der Waals surface area contributed by atoms with Crippen LogP contribution >= 0.6 is 0 Å². The zero-order chi connectivity index (χ0) is 11.7. The van der Waals surface area contributed by atoms with Crippen LogP contribution in [0.4, 0.5) is 0 Å². The van der Waals surface area contributed by atoms with Crippen LogP contribution in [0.5, 0.6) is 0 Å². The molecule has 0 aromatic carbocycles. The summed E-state index contributed by atoms with van der Waals surface area (Å²) in [6.45, 7) is 1.29. The fourth-order valence-corrected chi connectivity index (χ4v) is 2.70. The first-order chi connectivity index (χ1) is 7.63. The van der Waals surface area contributed by atoms with E-state index in [4.69, 9.17) is 5.84 Å². The Morgan fingerprint density at radius 3 is 2.62 bits per heavy atom. The Morgan fingerprint density at radius 1 is 1.25 bits per heavy atom. The predicted molar refractivity (Wildman–Crippen MR) is 58.1 cm³/mol. The van der Waals surface area contributed by atoms with Crippen molar-refractivity contribution in [3.05, 3.63) is 0 Å². The Hall–Kier alpha value is -1.14. The van der Waals surface area contributed by atoms with E-state index in [0.29, 0.717) is 25.2 Å². The number of hydrazine groups is 1. The van der Waals surface area contributed by atoms with E-state index in [9.17, 15) is 9.59 Å². The van der Waals surface area contributed by atoms with E-state index < -0.39 is 11.8 Å². The van der Waals surface area contributed by atoms with Gasteiger partial charge in [-0.05, 0) is 26.3 Å². The molecular weight excluding hydrogens is 208 g/mol. The van der Waals surface area contributed by atoms with Gasteiger partial charge in [0.2, 0.25) is 0 Å². The summed E-state index contributed by atoms with van der Waals surface area (Å²) in [6.07, 6.45) is 3.25. The number of hydrogen-bond donors (Lipinski definition) is 2. The molecule has 90 valence electrons. The summed E-state index contributed by atoms with van der Waals surface area (Å²) in [5, 5.41) is 0. The minimum Gasteiger partial charge on any atom is -0.333 e. The van der Waals surface area contributed by atoms with Crippen molar-refractivity contribution in [2.24, 2.45) is 5.84 Å². The van der Waals surface area contributed by atoms with Gasteiger partial charge in [-0.25, -0.2) is 5.84 Å². The van der Waals surface area contributed by atoms with E-state index in [1.807, 2.05) is 5.43 Å². The summed E-state index contributed by atoms with van der Waals surface area (Å²) in [6, 6.07) is 0.950. The van der Waals surface area contributed by atoms with Gasteiger partial charge in [-0.15, -0.1) is 0 Å². The number of carbonyl (C=O) groups excluding carboxylic acids is 2. The molecule has 2 saturated heterocycles. The number of nitrogens with zero attached hydrogens (tertiary/aromatic N) is 2. The fourth-order valence-electron chi connectivity index (χ4n) is 2.70. The second-order valence-electron chi connectivity index (χ2n) is 4.56. The van der Waals surface area contributed by atoms with Crippen LogP contribution in [0.2, 0.25) is 0 Å². The summed E-state index contributed by atoms with van der Waals surface area (Å²) in [5.74, 6) is 3.73. The molecule has 0 aliphatic carbocycles. The number of nitrogens with two attached hydrogens (primary N) is 1. The van der Waals surface area contributed by atoms with Gasteiger partial charge in [0.25, 0.3) is 0 Å². The quantitative estimate of drug-likeness (QED) is 0.232. The summed E-state index contributed by atoms with van der Waals surface area (Å²) in [4.78, 5) is 26.8. The van der Waals surface area contributed by atoms with Crippen molar-refractivity contribution in [3.63, 3.8) is 0 Å². The Kier molecular flexibility index (Phi) is 3.11. The van der Waals surface area contributed by atoms with Gasteiger partial charge >= 0.3 is 11.8 Å². The molecule has 6 heteroatoms. The van der Waals surface area contributed by atoms with Crippen molar-refractivity contribution in [2.45, 2.75) is 31.3 Å². The lowest BCUT2D eigenvalue weighted by Crippen LogP contribution is -2.48. The van der Waals surface area contributed by atoms with Crippen LogP contribution in [0.3, 0.4) is 0 Å². The van der Waals surface area contributed by atoms with Gasteiger partial charge in [-0.2, -0.15) is 0 Å². The zero-order valence-corrected chi connectivity index (χ0v) is 9.48. The van der Waals surface area contributed by atoms with E-state index in [2.05, 4.69) is 11.9 Å². The molecule has 3 N–H and O–H groups in total. The van der Waals surface area contributed by atoms with E-state index in [-0.39, 0.29) is 0 Å². The van der Waals surface area contributed by atoms with Crippen LogP contribution in [-0.4, -0.2) is 53.8 Å². The maximum atomic E-state index is 11.7. The molecule has 2 rings (SSSR count). The second-order valence-corrected chi connectivity index (χ2v) is 4.56. The summed E-state index contributed by atoms with van der Waals surface area (Å²) in [7, 11) is 2.10. The van der Waals surface area contributed by atoms with Crippen molar-refractivity contribution in [3.8, 4) is 0 Å². The van der Waals surface area contributed by atoms with Crippen molar-refractivity contribution in [1.82, 2.24) is 15.2 Å². The summed E-state index contributed by atoms with van der Waals surface area (Å²) < 4.78 is 0. The number of amides is 2. The van der Waals surface area contributed by atoms with Gasteiger partial charge in [-0.1, -0.05) is 0 Å². The molecule has 2 bridgehead atoms. The Balaban J connectivity index is 2.03. The van der Waals surface area contributed by atoms with Gasteiger partial charge in [0, 0.05) is 25.2 Å². The zero-order valence-electron chi connectivity index (χ0n) is 9.48. The Labute approximate surface area is 94.7 Å². The second kappa shape index (κ2) is 4.39. The number of rotatable bonds is 0. The largest absolute Gasteiger partial charge is 0.333 e. The molecule has 2 amide bonds. The van der Waals surface area contributed by atoms with Crippen LogP contribution in [0.1, 0.15) is 19.3 Å². The van der Waals surface area contributed by atoms with Crippen LogP contribution in [0.25, 0.3) is 0 Å². The molecule has 2 aliphatic heterocycles. The highest BCUT2D eigenvalue weighted by Crippen LogP contribution is 2.28. The monoisotopic (exact) mass is 226 g/mol. The highest BCUT2D eigenvalue weighted by Gasteiger charge is 2.37. The van der Waals surface area contributed by atoms with Crippen LogP contribution < -0.4 is 11.3 Å². The van der Waals surface area contributed by atoms with Gasteiger partial charge in [-0.3, -0.25) is 19.9 Å². The molecule has 6 nitrogen and oxygen atoms in total. The number of nitrogens with one attached hydrogen (secondary N) is 1. The Bertz CT molecular complexity index is 307. The molecule has 0 saturated carbocycles. The lowest BCUT2D eigenvalue weighted by molar-refractivity contribution is -0.146. The van der Waals surface area contributed by atoms with Crippen molar-refractivity contribution in [2.75, 3.05) is 20.1 Å². The number of likely N-dealkylation sites (tertiary alicyclic amines) is 1. The third-order valence-corrected chi connectivity index (χ3v) is 3.76. The molecule has 0 spiro atoms. The molecule has 2 heterocycles. The average Bonchev–Trinajstić information content (AvgIpc) is 2.51. The molecule has 0 aromatic heterocycles. The van der Waals surface area contributed by atoms with Crippen LogP contribution in [0.15, 0.2) is 0 Å². The molecule has 2 unspecified atom stereocenters. The summed E-state index contributed by atoms with van der Waals surface area (Å²) >= 11 is 0. The molecular formula is C10H18N4O2. The molecule has 0 aromatic rings. The number of hydrogen-bond acceptors (Lipinski definition) is 4. The SMILES string of the molecule is CN1C2CCC1CN(C(=O)C(=O)NN)CC2. The lowest BCUT2D eigenvalue weighted by atomic mass is 10.1. The van der Waals surface area contributed by atoms with Crippen molar-refractivity contribution < 1.29 is 9.59 Å². The van der Waals surface area contributed by atoms with Crippen molar-refractivity contribution >= 4 is 11.8 Å². The highest BCUT2D eigenvalue weighted by atomic mass is 16.2. The number of fused-ring (bicyclic) bond motifs is 2. The molecule has 2 fully saturated rings. The van der Waals surface area contributed by atoms with Gasteiger partial charge in [0.05, 0.1) is 0 Å². The summed E-state index contributed by atoms with van der Waals surface area (Å²) in [5.41, 5.74) is 1.89. The normalized spacial score (nSPS) is 30.0. The van der Waals surface area contributed by atoms with Crippen molar-refractivity contribution in [1.29, 1.82) is 0 Å². The molecule has 2 aliphatic rings. The highest BCUT2D eigenvalue weighted by molar-refractivity contribution is 6.34. The fraction of sp³-hybridized carbons (Fsp3) is 0.800. The van der Waals surface area contributed by atoms with E-state index in [1.54, 1.807) is 4.90 Å². The van der Waals surface area contributed by atoms with E-state index in [1.165, 1.54) is 6.42 Å². The first-order valence-electron chi connectivity index (χ1n) is 5.65. The van der Waals surface area contributed by atoms with Crippen LogP contribution in [0, 0.1) is 0 Å². The first kappa shape index (κ1) is 11.3. The number of carbonyl (C=O) groups is 2. The topological polar surface area (TPSA) is 78.7 Å². The maximum Gasteiger partial charge on any atom is 0.323 e. The van der Waals surface area contributed by atoms with Gasteiger partial charge in [0.15, 0.2) is 0 Å². The third kappa shape index (κ3) is 1.90. The Morgan fingerprint density at radius 2 is 1.94 bits per heavy atom. The molecule has 16 heavy (non-hydrogen) atoms. The standard InChI is InChI=1S/C10H18N4O2/c1-13-7-2-3-8(13)6-14(5-4-7)10(16)9(15)12-11/h7-8H,2-6,11H2,1H3,(H,12,15). The van der Waals surface area contributed by atoms with E-state index in [0.717, 1.165) is 12.8 Å². The maximum absolute atomic E-state index is 11.7.